The van der Waals surface area contributed by atoms with Gasteiger partial charge in [0.1, 0.15) is 15.7 Å². The fourth-order valence-corrected chi connectivity index (χ4v) is 6.81. The maximum Gasteiger partial charge on any atom is 0.255 e. The summed E-state index contributed by atoms with van der Waals surface area (Å²) in [7, 11) is -1.98. The molecule has 0 bridgehead atoms. The maximum absolute atomic E-state index is 13.0. The van der Waals surface area contributed by atoms with E-state index < -0.39 is 15.7 Å². The Morgan fingerprint density at radius 1 is 1.17 bits per heavy atom. The first-order valence-corrected chi connectivity index (χ1v) is 11.9. The van der Waals surface area contributed by atoms with Crippen molar-refractivity contribution in [2.45, 2.75) is 29.2 Å². The summed E-state index contributed by atoms with van der Waals surface area (Å²) in [6, 6.07) is 10.8. The number of likely N-dealkylation sites (tertiary alicyclic amines) is 1. The van der Waals surface area contributed by atoms with Crippen LogP contribution in [-0.4, -0.2) is 62.6 Å². The van der Waals surface area contributed by atoms with E-state index in [1.165, 1.54) is 15.6 Å². The van der Waals surface area contributed by atoms with Crippen LogP contribution in [0.5, 0.6) is 5.75 Å². The van der Waals surface area contributed by atoms with Crippen molar-refractivity contribution in [2.24, 2.45) is 0 Å². The van der Waals surface area contributed by atoms with Gasteiger partial charge in [-0.25, -0.2) is 8.42 Å². The highest BCUT2D eigenvalue weighted by atomic mass is 32.2. The smallest absolute Gasteiger partial charge is 0.255 e. The monoisotopic (exact) mass is 436 g/mol. The Labute approximate surface area is 174 Å². The standard InChI is InChI=1S/C20H24N2O5S2/c1-26-17-6-4-16(5-7-17)15-18(23)21-10-8-20(9-11-21)22(12-13-27-20)29(24,25)19-3-2-14-28-19/h2-7,14H,8-13,15H2,1H3. The molecule has 0 saturated carbocycles. The molecule has 4 rings (SSSR count). The minimum Gasteiger partial charge on any atom is -0.497 e. The number of rotatable bonds is 5. The SMILES string of the molecule is COc1ccc(CC(=O)N2CCC3(CC2)OCCN3S(=O)(=O)c2cccs2)cc1. The second-order valence-electron chi connectivity index (χ2n) is 7.21. The number of carbonyl (C=O) groups excluding carboxylic acids is 1. The first kappa shape index (κ1) is 20.3. The summed E-state index contributed by atoms with van der Waals surface area (Å²) in [6.45, 7) is 1.68. The lowest BCUT2D eigenvalue weighted by Gasteiger charge is -2.42. The second-order valence-corrected chi connectivity index (χ2v) is 10.2. The molecule has 0 atom stereocenters. The van der Waals surface area contributed by atoms with E-state index in [1.54, 1.807) is 29.5 Å². The van der Waals surface area contributed by atoms with Gasteiger partial charge < -0.3 is 14.4 Å². The predicted molar refractivity (Wildman–Crippen MR) is 109 cm³/mol. The van der Waals surface area contributed by atoms with Crippen LogP contribution in [0.3, 0.4) is 0 Å². The highest BCUT2D eigenvalue weighted by Crippen LogP contribution is 2.39. The quantitative estimate of drug-likeness (QED) is 0.719. The van der Waals surface area contributed by atoms with E-state index in [-0.39, 0.29) is 5.91 Å². The summed E-state index contributed by atoms with van der Waals surface area (Å²) in [5, 5.41) is 1.76. The van der Waals surface area contributed by atoms with Gasteiger partial charge in [-0.15, -0.1) is 11.3 Å². The number of nitrogens with zero attached hydrogens (tertiary/aromatic N) is 2. The molecule has 1 aromatic heterocycles. The van der Waals surface area contributed by atoms with E-state index in [4.69, 9.17) is 9.47 Å². The topological polar surface area (TPSA) is 76.2 Å². The molecule has 1 aromatic carbocycles. The summed E-state index contributed by atoms with van der Waals surface area (Å²) in [5.74, 6) is 0.794. The highest BCUT2D eigenvalue weighted by Gasteiger charge is 2.51. The van der Waals surface area contributed by atoms with Gasteiger partial charge in [-0.2, -0.15) is 4.31 Å². The zero-order valence-electron chi connectivity index (χ0n) is 16.2. The predicted octanol–water partition coefficient (Wildman–Crippen LogP) is 2.34. The molecule has 2 saturated heterocycles. The molecule has 2 aromatic rings. The molecule has 156 valence electrons. The molecule has 1 amide bonds. The molecule has 2 aliphatic heterocycles. The molecular weight excluding hydrogens is 412 g/mol. The zero-order chi connectivity index (χ0) is 20.5. The second kappa shape index (κ2) is 8.06. The Kier molecular flexibility index (Phi) is 5.65. The third-order valence-corrected chi connectivity index (χ3v) is 8.89. The molecule has 0 radical (unpaired) electrons. The van der Waals surface area contributed by atoms with Gasteiger partial charge in [0.15, 0.2) is 0 Å². The van der Waals surface area contributed by atoms with Gasteiger partial charge in [-0.1, -0.05) is 18.2 Å². The number of sulfonamides is 1. The molecule has 2 aliphatic rings. The molecular formula is C20H24N2O5S2. The number of benzene rings is 1. The molecule has 0 N–H and O–H groups in total. The van der Waals surface area contributed by atoms with Crippen molar-refractivity contribution in [1.82, 2.24) is 9.21 Å². The van der Waals surface area contributed by atoms with E-state index in [0.717, 1.165) is 11.3 Å². The van der Waals surface area contributed by atoms with Crippen molar-refractivity contribution in [2.75, 3.05) is 33.4 Å². The molecule has 2 fully saturated rings. The van der Waals surface area contributed by atoms with Crippen LogP contribution in [0.15, 0.2) is 46.0 Å². The van der Waals surface area contributed by atoms with Crippen LogP contribution in [0.25, 0.3) is 0 Å². The molecule has 0 aliphatic carbocycles. The van der Waals surface area contributed by atoms with Crippen LogP contribution in [0.4, 0.5) is 0 Å². The summed E-state index contributed by atoms with van der Waals surface area (Å²) in [6.07, 6.45) is 1.27. The molecule has 29 heavy (non-hydrogen) atoms. The molecule has 9 heteroatoms. The number of thiophene rings is 1. The molecule has 3 heterocycles. The average molecular weight is 437 g/mol. The van der Waals surface area contributed by atoms with E-state index in [0.29, 0.717) is 49.7 Å². The van der Waals surface area contributed by atoms with Gasteiger partial charge in [0.25, 0.3) is 10.0 Å². The lowest BCUT2D eigenvalue weighted by atomic mass is 10.00. The highest BCUT2D eigenvalue weighted by molar-refractivity contribution is 7.91. The fraction of sp³-hybridized carbons (Fsp3) is 0.450. The van der Waals surface area contributed by atoms with Crippen molar-refractivity contribution in [1.29, 1.82) is 0 Å². The summed E-state index contributed by atoms with van der Waals surface area (Å²) >= 11 is 1.21. The van der Waals surface area contributed by atoms with E-state index >= 15 is 0 Å². The first-order chi connectivity index (χ1) is 13.9. The van der Waals surface area contributed by atoms with Crippen LogP contribution in [0.2, 0.25) is 0 Å². The van der Waals surface area contributed by atoms with Gasteiger partial charge in [-0.3, -0.25) is 4.79 Å². The minimum absolute atomic E-state index is 0.0377. The molecule has 1 spiro atoms. The van der Waals surface area contributed by atoms with E-state index in [1.807, 2.05) is 24.3 Å². The van der Waals surface area contributed by atoms with Gasteiger partial charge in [0.2, 0.25) is 5.91 Å². The third kappa shape index (κ3) is 3.92. The normalized spacial score (nSPS) is 19.6. The Morgan fingerprint density at radius 2 is 1.90 bits per heavy atom. The van der Waals surface area contributed by atoms with Crippen LogP contribution in [-0.2, 0) is 26.0 Å². The van der Waals surface area contributed by atoms with Crippen LogP contribution >= 0.6 is 11.3 Å². The Balaban J connectivity index is 1.42. The maximum atomic E-state index is 13.0. The Hall–Kier alpha value is -1.94. The largest absolute Gasteiger partial charge is 0.497 e. The number of carbonyl (C=O) groups is 1. The number of amides is 1. The van der Waals surface area contributed by atoms with Crippen molar-refractivity contribution in [3.63, 3.8) is 0 Å². The van der Waals surface area contributed by atoms with Crippen molar-refractivity contribution in [3.05, 3.63) is 47.3 Å². The zero-order valence-corrected chi connectivity index (χ0v) is 17.9. The Bertz CT molecular complexity index is 949. The van der Waals surface area contributed by atoms with E-state index in [9.17, 15) is 13.2 Å². The van der Waals surface area contributed by atoms with Crippen LogP contribution in [0.1, 0.15) is 18.4 Å². The number of hydrogen-bond acceptors (Lipinski definition) is 6. The third-order valence-electron chi connectivity index (χ3n) is 5.57. The van der Waals surface area contributed by atoms with Crippen molar-refractivity contribution >= 4 is 27.3 Å². The minimum atomic E-state index is -3.58. The lowest BCUT2D eigenvalue weighted by molar-refractivity contribution is -0.139. The van der Waals surface area contributed by atoms with Crippen LogP contribution < -0.4 is 4.74 Å². The van der Waals surface area contributed by atoms with Gasteiger partial charge in [0, 0.05) is 32.5 Å². The fourth-order valence-electron chi connectivity index (χ4n) is 3.98. The van der Waals surface area contributed by atoms with E-state index in [2.05, 4.69) is 0 Å². The summed E-state index contributed by atoms with van der Waals surface area (Å²) in [5.41, 5.74) is 0.0785. The average Bonchev–Trinajstić information content (AvgIpc) is 3.40. The van der Waals surface area contributed by atoms with Gasteiger partial charge >= 0.3 is 0 Å². The van der Waals surface area contributed by atoms with Crippen molar-refractivity contribution in [3.8, 4) is 5.75 Å². The van der Waals surface area contributed by atoms with Gasteiger partial charge in [-0.05, 0) is 29.1 Å². The summed E-state index contributed by atoms with van der Waals surface area (Å²) in [4.78, 5) is 14.5. The lowest BCUT2D eigenvalue weighted by Crippen LogP contribution is -2.55. The number of ether oxygens (including phenoxy) is 2. The Morgan fingerprint density at radius 3 is 2.52 bits per heavy atom. The number of hydrogen-bond donors (Lipinski definition) is 0. The first-order valence-electron chi connectivity index (χ1n) is 9.56. The van der Waals surface area contributed by atoms with Crippen molar-refractivity contribution < 1.29 is 22.7 Å². The molecule has 7 nitrogen and oxygen atoms in total. The molecule has 0 unspecified atom stereocenters. The number of piperidine rings is 1. The summed E-state index contributed by atoms with van der Waals surface area (Å²) < 4.78 is 39.0. The van der Waals surface area contributed by atoms with Crippen LogP contribution in [0, 0.1) is 0 Å². The van der Waals surface area contributed by atoms with Gasteiger partial charge in [0.05, 0.1) is 20.1 Å². The number of methoxy groups -OCH3 is 1.